The summed E-state index contributed by atoms with van der Waals surface area (Å²) >= 11 is 5.98. The maximum atomic E-state index is 13.2. The molecule has 2 aromatic rings. The standard InChI is InChI=1S/C23H30ClN3O4S/c1-17(2)22(27-23(31-27)18-4-10-21(30-3)11-5-18)16-32(28,29)26-14-12-25(13-15-26)20-8-6-19(24)7-9-20/h4-11,17,22-23H,12-16H2,1-3H3/t22-,23?,27?/m1/s1. The Bertz CT molecular complexity index is 1010. The molecule has 0 spiro atoms. The van der Waals surface area contributed by atoms with E-state index in [4.69, 9.17) is 21.2 Å². The number of hydrogen-bond acceptors (Lipinski definition) is 6. The molecule has 0 amide bonds. The lowest BCUT2D eigenvalue weighted by Gasteiger charge is -2.36. The Morgan fingerprint density at radius 3 is 2.22 bits per heavy atom. The third-order valence-corrected chi connectivity index (χ3v) is 8.28. The Morgan fingerprint density at radius 2 is 1.66 bits per heavy atom. The summed E-state index contributed by atoms with van der Waals surface area (Å²) in [6, 6.07) is 15.1. The van der Waals surface area contributed by atoms with Crippen LogP contribution >= 0.6 is 11.6 Å². The molecule has 2 heterocycles. The fourth-order valence-electron chi connectivity index (χ4n) is 4.07. The van der Waals surface area contributed by atoms with Gasteiger partial charge in [-0.2, -0.15) is 4.31 Å². The summed E-state index contributed by atoms with van der Waals surface area (Å²) in [7, 11) is -1.79. The molecule has 0 bridgehead atoms. The number of anilines is 1. The first-order chi connectivity index (χ1) is 15.3. The van der Waals surface area contributed by atoms with Gasteiger partial charge in [0.2, 0.25) is 10.0 Å². The molecule has 2 fully saturated rings. The number of piperazine rings is 1. The number of rotatable bonds is 8. The van der Waals surface area contributed by atoms with Crippen LogP contribution in [0.5, 0.6) is 5.75 Å². The largest absolute Gasteiger partial charge is 0.497 e. The van der Waals surface area contributed by atoms with E-state index in [9.17, 15) is 8.42 Å². The van der Waals surface area contributed by atoms with Gasteiger partial charge in [-0.25, -0.2) is 8.42 Å². The highest BCUT2D eigenvalue weighted by atomic mass is 35.5. The van der Waals surface area contributed by atoms with Gasteiger partial charge < -0.3 is 9.64 Å². The SMILES string of the molecule is COc1ccc(C2ON2[C@H](CS(=O)(=O)N2CCN(c3ccc(Cl)cc3)CC2)C(C)C)cc1. The Hall–Kier alpha value is -1.84. The molecule has 174 valence electrons. The zero-order valence-corrected chi connectivity index (χ0v) is 20.2. The van der Waals surface area contributed by atoms with Crippen molar-refractivity contribution in [3.05, 3.63) is 59.1 Å². The van der Waals surface area contributed by atoms with E-state index >= 15 is 0 Å². The number of nitrogens with zero attached hydrogens (tertiary/aromatic N) is 3. The van der Waals surface area contributed by atoms with E-state index in [0.717, 1.165) is 17.0 Å². The lowest BCUT2D eigenvalue weighted by Crippen LogP contribution is -2.51. The van der Waals surface area contributed by atoms with Crippen molar-refractivity contribution < 1.29 is 18.0 Å². The van der Waals surface area contributed by atoms with Crippen molar-refractivity contribution in [2.75, 3.05) is 43.9 Å². The van der Waals surface area contributed by atoms with E-state index in [-0.39, 0.29) is 23.9 Å². The molecule has 32 heavy (non-hydrogen) atoms. The van der Waals surface area contributed by atoms with Gasteiger partial charge in [0.15, 0.2) is 6.23 Å². The third kappa shape index (κ3) is 5.21. The van der Waals surface area contributed by atoms with Gasteiger partial charge in [0.05, 0.1) is 18.9 Å². The highest BCUT2D eigenvalue weighted by Gasteiger charge is 2.47. The molecule has 0 aromatic heterocycles. The number of benzene rings is 2. The van der Waals surface area contributed by atoms with Crippen LogP contribution in [0.4, 0.5) is 5.69 Å². The van der Waals surface area contributed by atoms with Crippen LogP contribution in [-0.2, 0) is 14.9 Å². The van der Waals surface area contributed by atoms with Crippen molar-refractivity contribution in [1.29, 1.82) is 0 Å². The zero-order valence-electron chi connectivity index (χ0n) is 18.6. The van der Waals surface area contributed by atoms with Crippen LogP contribution in [0.15, 0.2) is 48.5 Å². The average Bonchev–Trinajstić information content (AvgIpc) is 3.58. The molecular weight excluding hydrogens is 450 g/mol. The number of hydroxylamine groups is 2. The van der Waals surface area contributed by atoms with Crippen molar-refractivity contribution in [1.82, 2.24) is 9.37 Å². The van der Waals surface area contributed by atoms with Crippen molar-refractivity contribution >= 4 is 27.3 Å². The summed E-state index contributed by atoms with van der Waals surface area (Å²) in [5, 5.41) is 2.51. The topological polar surface area (TPSA) is 65.4 Å². The number of hydrogen-bond donors (Lipinski definition) is 0. The van der Waals surface area contributed by atoms with E-state index < -0.39 is 10.0 Å². The van der Waals surface area contributed by atoms with E-state index in [1.165, 1.54) is 0 Å². The molecule has 7 nitrogen and oxygen atoms in total. The Morgan fingerprint density at radius 1 is 1.03 bits per heavy atom. The van der Waals surface area contributed by atoms with Crippen molar-refractivity contribution in [2.45, 2.75) is 26.1 Å². The Balaban J connectivity index is 1.37. The minimum atomic E-state index is -3.42. The summed E-state index contributed by atoms with van der Waals surface area (Å²) in [5.41, 5.74) is 2.05. The van der Waals surface area contributed by atoms with E-state index in [0.29, 0.717) is 31.2 Å². The smallest absolute Gasteiger partial charge is 0.215 e. The summed E-state index contributed by atoms with van der Waals surface area (Å²) in [6.45, 7) is 6.32. The predicted molar refractivity (Wildman–Crippen MR) is 126 cm³/mol. The van der Waals surface area contributed by atoms with Gasteiger partial charge in [-0.05, 0) is 47.9 Å². The first-order valence-electron chi connectivity index (χ1n) is 10.9. The molecule has 2 aliphatic rings. The lowest BCUT2D eigenvalue weighted by atomic mass is 10.1. The fourth-order valence-corrected chi connectivity index (χ4v) is 6.09. The molecule has 4 rings (SSSR count). The number of sulfonamides is 1. The van der Waals surface area contributed by atoms with E-state index in [1.807, 2.05) is 67.4 Å². The first-order valence-corrected chi connectivity index (χ1v) is 12.8. The van der Waals surface area contributed by atoms with Gasteiger partial charge in [-0.3, -0.25) is 4.84 Å². The van der Waals surface area contributed by atoms with Crippen LogP contribution in [0.1, 0.15) is 25.6 Å². The minimum absolute atomic E-state index is 0.0399. The number of halogens is 1. The number of ether oxygens (including phenoxy) is 1. The molecule has 0 radical (unpaired) electrons. The molecule has 2 aromatic carbocycles. The number of methoxy groups -OCH3 is 1. The molecule has 3 atom stereocenters. The second kappa shape index (κ2) is 9.57. The zero-order chi connectivity index (χ0) is 22.9. The van der Waals surface area contributed by atoms with Gasteiger partial charge in [0, 0.05) is 36.9 Å². The molecule has 0 aliphatic carbocycles. The van der Waals surface area contributed by atoms with Crippen LogP contribution in [0, 0.1) is 5.92 Å². The Kier molecular flexibility index (Phi) is 6.97. The summed E-state index contributed by atoms with van der Waals surface area (Å²) in [4.78, 5) is 8.00. The van der Waals surface area contributed by atoms with Crippen molar-refractivity contribution in [2.24, 2.45) is 5.92 Å². The summed E-state index contributed by atoms with van der Waals surface area (Å²) < 4.78 is 33.3. The molecule has 9 heteroatoms. The van der Waals surface area contributed by atoms with Crippen LogP contribution in [0.3, 0.4) is 0 Å². The van der Waals surface area contributed by atoms with Gasteiger partial charge in [0.1, 0.15) is 5.75 Å². The molecule has 0 N–H and O–H groups in total. The minimum Gasteiger partial charge on any atom is -0.497 e. The monoisotopic (exact) mass is 479 g/mol. The van der Waals surface area contributed by atoms with Crippen LogP contribution in [0.25, 0.3) is 0 Å². The molecule has 0 saturated carbocycles. The van der Waals surface area contributed by atoms with Gasteiger partial charge in [0.25, 0.3) is 0 Å². The normalized spacial score (nSPS) is 22.7. The first kappa shape index (κ1) is 23.3. The second-order valence-electron chi connectivity index (χ2n) is 8.54. The summed E-state index contributed by atoms with van der Waals surface area (Å²) in [5.74, 6) is 0.947. The fraction of sp³-hybridized carbons (Fsp3) is 0.478. The van der Waals surface area contributed by atoms with Gasteiger partial charge in [-0.15, -0.1) is 5.06 Å². The Labute approximate surface area is 195 Å². The van der Waals surface area contributed by atoms with Crippen LogP contribution < -0.4 is 9.64 Å². The molecule has 2 saturated heterocycles. The maximum Gasteiger partial charge on any atom is 0.215 e. The van der Waals surface area contributed by atoms with Gasteiger partial charge >= 0.3 is 0 Å². The quantitative estimate of drug-likeness (QED) is 0.537. The van der Waals surface area contributed by atoms with Gasteiger partial charge in [-0.1, -0.05) is 37.6 Å². The highest BCUT2D eigenvalue weighted by molar-refractivity contribution is 7.89. The summed E-state index contributed by atoms with van der Waals surface area (Å²) in [6.07, 6.45) is -0.217. The predicted octanol–water partition coefficient (Wildman–Crippen LogP) is 3.77. The maximum absolute atomic E-state index is 13.2. The van der Waals surface area contributed by atoms with Crippen molar-refractivity contribution in [3.8, 4) is 5.75 Å². The van der Waals surface area contributed by atoms with E-state index in [2.05, 4.69) is 4.90 Å². The molecule has 2 aliphatic heterocycles. The van der Waals surface area contributed by atoms with Crippen LogP contribution in [-0.4, -0.2) is 62.9 Å². The highest BCUT2D eigenvalue weighted by Crippen LogP contribution is 2.42. The molecule has 2 unspecified atom stereocenters. The van der Waals surface area contributed by atoms with Crippen molar-refractivity contribution in [3.63, 3.8) is 0 Å². The molecular formula is C23H30ClN3O4S. The van der Waals surface area contributed by atoms with E-state index in [1.54, 1.807) is 11.4 Å². The third-order valence-electron chi connectivity index (χ3n) is 6.11. The average molecular weight is 480 g/mol. The second-order valence-corrected chi connectivity index (χ2v) is 11.0. The van der Waals surface area contributed by atoms with Crippen LogP contribution in [0.2, 0.25) is 5.02 Å². The lowest BCUT2D eigenvalue weighted by molar-refractivity contribution is 0.128.